The second-order valence-corrected chi connectivity index (χ2v) is 7.79. The van der Waals surface area contributed by atoms with Gasteiger partial charge in [0.2, 0.25) is 5.95 Å². The van der Waals surface area contributed by atoms with Crippen molar-refractivity contribution in [3.63, 3.8) is 0 Å². The van der Waals surface area contributed by atoms with Crippen molar-refractivity contribution in [2.75, 3.05) is 24.1 Å². The third-order valence-corrected chi connectivity index (χ3v) is 5.74. The van der Waals surface area contributed by atoms with Crippen LogP contribution in [0.25, 0.3) is 10.9 Å². The lowest BCUT2D eigenvalue weighted by Gasteiger charge is -2.28. The standard InChI is InChI=1S/C23H27N5O/c24-21-19-8-4-5-9-20(19)27-23(28-21)26-15-17-12-10-16(11-13-17)14-25-22(29)18-6-2-1-3-7-18/h1-9,16-17H,10-15H2,(H,25,29)(H3,24,26,27,28). The molecule has 0 bridgehead atoms. The van der Waals surface area contributed by atoms with E-state index in [9.17, 15) is 4.79 Å². The zero-order chi connectivity index (χ0) is 20.1. The first kappa shape index (κ1) is 19.2. The summed E-state index contributed by atoms with van der Waals surface area (Å²) in [5.41, 5.74) is 7.64. The van der Waals surface area contributed by atoms with E-state index in [0.717, 1.165) is 55.2 Å². The van der Waals surface area contributed by atoms with Gasteiger partial charge < -0.3 is 16.4 Å². The normalized spacial score (nSPS) is 19.0. The fourth-order valence-electron chi connectivity index (χ4n) is 3.98. The number of carbonyl (C=O) groups is 1. The number of benzene rings is 2. The maximum absolute atomic E-state index is 12.2. The lowest BCUT2D eigenvalue weighted by Crippen LogP contribution is -2.32. The van der Waals surface area contributed by atoms with Gasteiger partial charge in [0.1, 0.15) is 5.82 Å². The smallest absolute Gasteiger partial charge is 0.251 e. The van der Waals surface area contributed by atoms with Crippen LogP contribution in [0.1, 0.15) is 36.0 Å². The first-order chi connectivity index (χ1) is 14.2. The second-order valence-electron chi connectivity index (χ2n) is 7.79. The van der Waals surface area contributed by atoms with Gasteiger partial charge in [-0.25, -0.2) is 4.98 Å². The van der Waals surface area contributed by atoms with Crippen molar-refractivity contribution < 1.29 is 4.79 Å². The van der Waals surface area contributed by atoms with E-state index in [-0.39, 0.29) is 5.91 Å². The predicted molar refractivity (Wildman–Crippen MR) is 117 cm³/mol. The summed E-state index contributed by atoms with van der Waals surface area (Å²) >= 11 is 0. The summed E-state index contributed by atoms with van der Waals surface area (Å²) in [5, 5.41) is 7.32. The fourth-order valence-corrected chi connectivity index (χ4v) is 3.98. The molecule has 2 aromatic carbocycles. The van der Waals surface area contributed by atoms with Gasteiger partial charge in [-0.05, 0) is 61.8 Å². The molecule has 1 aliphatic carbocycles. The van der Waals surface area contributed by atoms with Gasteiger partial charge in [-0.15, -0.1) is 0 Å². The highest BCUT2D eigenvalue weighted by Crippen LogP contribution is 2.29. The molecular formula is C23H27N5O. The molecule has 4 rings (SSSR count). The highest BCUT2D eigenvalue weighted by molar-refractivity contribution is 5.94. The third-order valence-electron chi connectivity index (χ3n) is 5.74. The summed E-state index contributed by atoms with van der Waals surface area (Å²) in [5.74, 6) is 2.26. The largest absolute Gasteiger partial charge is 0.383 e. The Morgan fingerprint density at radius 2 is 1.55 bits per heavy atom. The Kier molecular flexibility index (Phi) is 5.89. The van der Waals surface area contributed by atoms with Crippen LogP contribution in [0.4, 0.5) is 11.8 Å². The highest BCUT2D eigenvalue weighted by Gasteiger charge is 2.22. The van der Waals surface area contributed by atoms with E-state index in [1.807, 2.05) is 54.6 Å². The molecule has 0 radical (unpaired) electrons. The minimum absolute atomic E-state index is 0.0143. The lowest BCUT2D eigenvalue weighted by molar-refractivity contribution is 0.0941. The first-order valence-corrected chi connectivity index (χ1v) is 10.3. The zero-order valence-corrected chi connectivity index (χ0v) is 16.5. The summed E-state index contributed by atoms with van der Waals surface area (Å²) < 4.78 is 0. The minimum atomic E-state index is 0.0143. The molecule has 1 saturated carbocycles. The van der Waals surface area contributed by atoms with Crippen LogP contribution in [0.3, 0.4) is 0 Å². The van der Waals surface area contributed by atoms with Crippen LogP contribution < -0.4 is 16.4 Å². The van der Waals surface area contributed by atoms with Crippen LogP contribution in [-0.4, -0.2) is 29.0 Å². The molecule has 6 heteroatoms. The van der Waals surface area contributed by atoms with E-state index in [4.69, 9.17) is 5.73 Å². The number of carbonyl (C=O) groups excluding carboxylic acids is 1. The van der Waals surface area contributed by atoms with Gasteiger partial charge in [-0.2, -0.15) is 4.98 Å². The van der Waals surface area contributed by atoms with Crippen molar-refractivity contribution in [2.45, 2.75) is 25.7 Å². The van der Waals surface area contributed by atoms with Gasteiger partial charge in [-0.1, -0.05) is 30.3 Å². The molecule has 1 aromatic heterocycles. The fraction of sp³-hybridized carbons (Fsp3) is 0.348. The van der Waals surface area contributed by atoms with Crippen molar-refractivity contribution in [1.82, 2.24) is 15.3 Å². The van der Waals surface area contributed by atoms with Crippen LogP contribution in [0.2, 0.25) is 0 Å². The van der Waals surface area contributed by atoms with Crippen LogP contribution in [0.15, 0.2) is 54.6 Å². The van der Waals surface area contributed by atoms with E-state index < -0.39 is 0 Å². The van der Waals surface area contributed by atoms with Crippen molar-refractivity contribution in [2.24, 2.45) is 11.8 Å². The number of nitrogens with one attached hydrogen (secondary N) is 2. The summed E-state index contributed by atoms with van der Waals surface area (Å²) in [6, 6.07) is 17.2. The van der Waals surface area contributed by atoms with Crippen molar-refractivity contribution in [3.05, 3.63) is 60.2 Å². The van der Waals surface area contributed by atoms with Gasteiger partial charge in [0.25, 0.3) is 5.91 Å². The Labute approximate surface area is 170 Å². The predicted octanol–water partition coefficient (Wildman–Crippen LogP) is 3.86. The summed E-state index contributed by atoms with van der Waals surface area (Å²) in [4.78, 5) is 21.1. The van der Waals surface area contributed by atoms with Crippen molar-refractivity contribution in [1.29, 1.82) is 0 Å². The quantitative estimate of drug-likeness (QED) is 0.595. The number of nitrogens with zero attached hydrogens (tertiary/aromatic N) is 2. The SMILES string of the molecule is Nc1nc(NCC2CCC(CNC(=O)c3ccccc3)CC2)nc2ccccc12. The molecule has 4 N–H and O–H groups in total. The number of hydrogen-bond donors (Lipinski definition) is 3. The molecule has 0 atom stereocenters. The molecule has 0 unspecified atom stereocenters. The topological polar surface area (TPSA) is 92.9 Å². The Bertz CT molecular complexity index is 967. The van der Waals surface area contributed by atoms with E-state index in [1.54, 1.807) is 0 Å². The van der Waals surface area contributed by atoms with Gasteiger partial charge in [-0.3, -0.25) is 4.79 Å². The Balaban J connectivity index is 1.23. The number of fused-ring (bicyclic) bond motifs is 1. The summed E-state index contributed by atoms with van der Waals surface area (Å²) in [6.07, 6.45) is 4.54. The van der Waals surface area contributed by atoms with Crippen LogP contribution >= 0.6 is 0 Å². The van der Waals surface area contributed by atoms with Gasteiger partial charge in [0, 0.05) is 24.0 Å². The number of nitrogens with two attached hydrogens (primary N) is 1. The van der Waals surface area contributed by atoms with Crippen molar-refractivity contribution >= 4 is 28.6 Å². The first-order valence-electron chi connectivity index (χ1n) is 10.3. The molecular weight excluding hydrogens is 362 g/mol. The van der Waals surface area contributed by atoms with E-state index in [0.29, 0.717) is 23.6 Å². The molecule has 1 fully saturated rings. The highest BCUT2D eigenvalue weighted by atomic mass is 16.1. The number of anilines is 2. The van der Waals surface area contributed by atoms with E-state index >= 15 is 0 Å². The average Bonchev–Trinajstić information content (AvgIpc) is 2.77. The molecule has 0 saturated heterocycles. The van der Waals surface area contributed by atoms with Crippen LogP contribution in [0, 0.1) is 11.8 Å². The number of hydrogen-bond acceptors (Lipinski definition) is 5. The van der Waals surface area contributed by atoms with Crippen LogP contribution in [-0.2, 0) is 0 Å². The molecule has 1 amide bonds. The average molecular weight is 390 g/mol. The number of aromatic nitrogens is 2. The third kappa shape index (κ3) is 4.83. The summed E-state index contributed by atoms with van der Waals surface area (Å²) in [6.45, 7) is 1.60. The molecule has 29 heavy (non-hydrogen) atoms. The Hall–Kier alpha value is -3.15. The zero-order valence-electron chi connectivity index (χ0n) is 16.5. The molecule has 0 spiro atoms. The van der Waals surface area contributed by atoms with E-state index in [1.165, 1.54) is 0 Å². The molecule has 3 aromatic rings. The van der Waals surface area contributed by atoms with Crippen molar-refractivity contribution in [3.8, 4) is 0 Å². The van der Waals surface area contributed by atoms with Gasteiger partial charge in [0.05, 0.1) is 5.52 Å². The number of rotatable bonds is 6. The van der Waals surface area contributed by atoms with Crippen LogP contribution in [0.5, 0.6) is 0 Å². The molecule has 150 valence electrons. The number of nitrogen functional groups attached to an aromatic ring is 1. The Morgan fingerprint density at radius 1 is 0.897 bits per heavy atom. The molecule has 0 aliphatic heterocycles. The monoisotopic (exact) mass is 389 g/mol. The molecule has 1 aliphatic rings. The number of para-hydroxylation sites is 1. The molecule has 6 nitrogen and oxygen atoms in total. The Morgan fingerprint density at radius 3 is 2.31 bits per heavy atom. The number of amides is 1. The van der Waals surface area contributed by atoms with E-state index in [2.05, 4.69) is 20.6 Å². The molecule has 1 heterocycles. The maximum Gasteiger partial charge on any atom is 0.251 e. The van der Waals surface area contributed by atoms with Gasteiger partial charge >= 0.3 is 0 Å². The minimum Gasteiger partial charge on any atom is -0.383 e. The lowest BCUT2D eigenvalue weighted by atomic mass is 9.82. The second kappa shape index (κ2) is 8.90. The summed E-state index contributed by atoms with van der Waals surface area (Å²) in [7, 11) is 0. The maximum atomic E-state index is 12.2. The van der Waals surface area contributed by atoms with Gasteiger partial charge in [0.15, 0.2) is 0 Å².